The van der Waals surface area contributed by atoms with E-state index in [1.807, 2.05) is 13.8 Å². The number of aliphatic hydroxyl groups excluding tert-OH is 1. The topological polar surface area (TPSA) is 92.2 Å². The maximum Gasteiger partial charge on any atom is 0.295 e. The number of benzene rings is 1. The summed E-state index contributed by atoms with van der Waals surface area (Å²) in [7, 11) is 2.99. The average molecular weight is 440 g/mol. The van der Waals surface area contributed by atoms with E-state index in [1.54, 1.807) is 42.7 Å². The average Bonchev–Trinajstić information content (AvgIpc) is 3.09. The van der Waals surface area contributed by atoms with Gasteiger partial charge in [0.05, 0.1) is 31.4 Å². The lowest BCUT2D eigenvalue weighted by Gasteiger charge is -2.28. The number of Topliss-reactive ketones (excluding diaryl/α,β-unsaturated/α-hetero) is 1. The quantitative estimate of drug-likeness (QED) is 0.365. The van der Waals surface area contributed by atoms with Crippen LogP contribution in [0.3, 0.4) is 0 Å². The third-order valence-electron chi connectivity index (χ3n) is 5.76. The predicted molar refractivity (Wildman–Crippen MR) is 121 cm³/mol. The maximum atomic E-state index is 13.1. The van der Waals surface area contributed by atoms with Gasteiger partial charge in [-0.3, -0.25) is 14.6 Å². The number of likely N-dealkylation sites (tertiary alicyclic amines) is 1. The standard InChI is InChI=1S/C24H29N3O5/c1-5-26(6-2)12-13-27-21(16-8-7-11-25-15-16)20(23(29)24(27)30)22(28)18-10-9-17(31-3)14-19(18)32-4/h7-11,14-15,21,28H,5-6,12-13H2,1-4H3/b22-20-. The lowest BCUT2D eigenvalue weighted by molar-refractivity contribution is -0.140. The number of nitrogens with zero attached hydrogens (tertiary/aromatic N) is 3. The molecule has 170 valence electrons. The molecule has 1 aliphatic rings. The molecule has 1 atom stereocenters. The first-order valence-corrected chi connectivity index (χ1v) is 10.6. The molecule has 8 heteroatoms. The van der Waals surface area contributed by atoms with Crippen LogP contribution in [0.5, 0.6) is 11.5 Å². The Labute approximate surface area is 188 Å². The molecule has 1 aliphatic heterocycles. The van der Waals surface area contributed by atoms with Gasteiger partial charge < -0.3 is 24.4 Å². The summed E-state index contributed by atoms with van der Waals surface area (Å²) in [6, 6.07) is 7.68. The summed E-state index contributed by atoms with van der Waals surface area (Å²) < 4.78 is 10.6. The van der Waals surface area contributed by atoms with Crippen molar-refractivity contribution in [3.8, 4) is 11.5 Å². The molecule has 1 aromatic heterocycles. The van der Waals surface area contributed by atoms with Crippen LogP contribution >= 0.6 is 0 Å². The second kappa shape index (κ2) is 10.3. The van der Waals surface area contributed by atoms with Crippen molar-refractivity contribution in [1.82, 2.24) is 14.8 Å². The van der Waals surface area contributed by atoms with Crippen molar-refractivity contribution in [2.24, 2.45) is 0 Å². The number of pyridine rings is 1. The largest absolute Gasteiger partial charge is 0.507 e. The fourth-order valence-corrected chi connectivity index (χ4v) is 3.92. The predicted octanol–water partition coefficient (Wildman–Crippen LogP) is 2.86. The first-order chi connectivity index (χ1) is 15.5. The number of rotatable bonds is 9. The van der Waals surface area contributed by atoms with Crippen LogP contribution in [0.2, 0.25) is 0 Å². The number of ether oxygens (including phenoxy) is 2. The summed E-state index contributed by atoms with van der Waals surface area (Å²) in [5.41, 5.74) is 0.982. The summed E-state index contributed by atoms with van der Waals surface area (Å²) in [6.07, 6.45) is 3.23. The van der Waals surface area contributed by atoms with Crippen LogP contribution in [0.4, 0.5) is 0 Å². The summed E-state index contributed by atoms with van der Waals surface area (Å²) in [6.45, 7) is 6.73. The van der Waals surface area contributed by atoms with Gasteiger partial charge in [0, 0.05) is 31.5 Å². The van der Waals surface area contributed by atoms with Crippen LogP contribution < -0.4 is 9.47 Å². The zero-order valence-corrected chi connectivity index (χ0v) is 18.9. The van der Waals surface area contributed by atoms with Gasteiger partial charge in [0.15, 0.2) is 0 Å². The Bertz CT molecular complexity index is 1000. The number of amides is 1. The summed E-state index contributed by atoms with van der Waals surface area (Å²) in [4.78, 5) is 34.0. The van der Waals surface area contributed by atoms with Crippen molar-refractivity contribution < 1.29 is 24.2 Å². The minimum atomic E-state index is -0.744. The highest BCUT2D eigenvalue weighted by molar-refractivity contribution is 6.46. The van der Waals surface area contributed by atoms with Gasteiger partial charge in [-0.1, -0.05) is 19.9 Å². The molecule has 8 nitrogen and oxygen atoms in total. The summed E-state index contributed by atoms with van der Waals surface area (Å²) in [5, 5.41) is 11.2. The Balaban J connectivity index is 2.12. The SMILES string of the molecule is CCN(CC)CCN1C(=O)C(=O)/C(=C(\O)c2ccc(OC)cc2OC)C1c1cccnc1. The first kappa shape index (κ1) is 23.3. The minimum Gasteiger partial charge on any atom is -0.507 e. The molecular weight excluding hydrogens is 410 g/mol. The molecule has 1 fully saturated rings. The molecule has 1 unspecified atom stereocenters. The van der Waals surface area contributed by atoms with Crippen LogP contribution in [0.25, 0.3) is 5.76 Å². The summed E-state index contributed by atoms with van der Waals surface area (Å²) >= 11 is 0. The van der Waals surface area contributed by atoms with E-state index in [4.69, 9.17) is 9.47 Å². The Hall–Kier alpha value is -3.39. The lowest BCUT2D eigenvalue weighted by atomic mass is 9.96. The fourth-order valence-electron chi connectivity index (χ4n) is 3.92. The number of aliphatic hydroxyl groups is 1. The van der Waals surface area contributed by atoms with Gasteiger partial charge in [-0.05, 0) is 36.9 Å². The third kappa shape index (κ3) is 4.45. The second-order valence-corrected chi connectivity index (χ2v) is 7.37. The van der Waals surface area contributed by atoms with Crippen LogP contribution in [0, 0.1) is 0 Å². The van der Waals surface area contributed by atoms with E-state index in [0.29, 0.717) is 35.7 Å². The molecule has 0 spiro atoms. The number of aromatic nitrogens is 1. The molecule has 1 aromatic carbocycles. The third-order valence-corrected chi connectivity index (χ3v) is 5.76. The number of methoxy groups -OCH3 is 2. The number of ketones is 1. The van der Waals surface area contributed by atoms with Crippen molar-refractivity contribution in [3.05, 3.63) is 59.4 Å². The molecule has 2 aromatic rings. The molecule has 0 aliphatic carbocycles. The van der Waals surface area contributed by atoms with E-state index in [-0.39, 0.29) is 11.3 Å². The van der Waals surface area contributed by atoms with Crippen molar-refractivity contribution in [1.29, 1.82) is 0 Å². The van der Waals surface area contributed by atoms with E-state index in [2.05, 4.69) is 9.88 Å². The van der Waals surface area contributed by atoms with Gasteiger partial charge in [0.1, 0.15) is 17.3 Å². The maximum absolute atomic E-state index is 13.1. The molecule has 0 radical (unpaired) electrons. The minimum absolute atomic E-state index is 0.0195. The van der Waals surface area contributed by atoms with Gasteiger partial charge in [0.25, 0.3) is 11.7 Å². The van der Waals surface area contributed by atoms with E-state index < -0.39 is 17.7 Å². The zero-order chi connectivity index (χ0) is 23.3. The van der Waals surface area contributed by atoms with Crippen molar-refractivity contribution >= 4 is 17.4 Å². The van der Waals surface area contributed by atoms with Crippen molar-refractivity contribution in [2.45, 2.75) is 19.9 Å². The fraction of sp³-hybridized carbons (Fsp3) is 0.375. The molecule has 0 bridgehead atoms. The lowest BCUT2D eigenvalue weighted by Crippen LogP contribution is -2.38. The van der Waals surface area contributed by atoms with Gasteiger partial charge in [-0.2, -0.15) is 0 Å². The van der Waals surface area contributed by atoms with Gasteiger partial charge in [-0.25, -0.2) is 0 Å². The van der Waals surface area contributed by atoms with E-state index in [1.165, 1.54) is 19.1 Å². The summed E-state index contributed by atoms with van der Waals surface area (Å²) in [5.74, 6) is -0.779. The normalized spacial score (nSPS) is 17.8. The second-order valence-electron chi connectivity index (χ2n) is 7.37. The highest BCUT2D eigenvalue weighted by Crippen LogP contribution is 2.41. The number of carbonyl (C=O) groups excluding carboxylic acids is 2. The van der Waals surface area contributed by atoms with Gasteiger partial charge in [-0.15, -0.1) is 0 Å². The van der Waals surface area contributed by atoms with Crippen LogP contribution in [-0.4, -0.2) is 72.0 Å². The Morgan fingerprint density at radius 2 is 1.91 bits per heavy atom. The highest BCUT2D eigenvalue weighted by atomic mass is 16.5. The molecule has 1 saturated heterocycles. The first-order valence-electron chi connectivity index (χ1n) is 10.6. The zero-order valence-electron chi connectivity index (χ0n) is 18.9. The smallest absolute Gasteiger partial charge is 0.295 e. The number of likely N-dealkylation sites (N-methyl/N-ethyl adjacent to an activating group) is 1. The number of hydrogen-bond acceptors (Lipinski definition) is 7. The van der Waals surface area contributed by atoms with E-state index >= 15 is 0 Å². The van der Waals surface area contributed by atoms with Gasteiger partial charge >= 0.3 is 0 Å². The molecule has 0 saturated carbocycles. The van der Waals surface area contributed by atoms with Crippen LogP contribution in [0.1, 0.15) is 31.0 Å². The Morgan fingerprint density at radius 3 is 2.50 bits per heavy atom. The Morgan fingerprint density at radius 1 is 1.16 bits per heavy atom. The molecule has 32 heavy (non-hydrogen) atoms. The van der Waals surface area contributed by atoms with E-state index in [0.717, 1.165) is 13.1 Å². The monoisotopic (exact) mass is 439 g/mol. The van der Waals surface area contributed by atoms with Crippen molar-refractivity contribution in [2.75, 3.05) is 40.4 Å². The Kier molecular flexibility index (Phi) is 7.48. The molecule has 2 heterocycles. The van der Waals surface area contributed by atoms with Crippen LogP contribution in [0.15, 0.2) is 48.3 Å². The molecule has 3 rings (SSSR count). The number of carbonyl (C=O) groups is 2. The number of hydrogen-bond donors (Lipinski definition) is 1. The van der Waals surface area contributed by atoms with Crippen LogP contribution in [-0.2, 0) is 9.59 Å². The van der Waals surface area contributed by atoms with Gasteiger partial charge in [0.2, 0.25) is 0 Å². The molecule has 1 amide bonds. The van der Waals surface area contributed by atoms with Crippen molar-refractivity contribution in [3.63, 3.8) is 0 Å². The molecule has 1 N–H and O–H groups in total. The molecular formula is C24H29N3O5. The highest BCUT2D eigenvalue weighted by Gasteiger charge is 2.46. The van der Waals surface area contributed by atoms with E-state index in [9.17, 15) is 14.7 Å².